The second kappa shape index (κ2) is 6.44. The standard InChI is InChI=1S/C18H21NOS/c1-19(18(20)15-10-6-3-7-11-15)17-13-12-16(21-17)14-8-4-2-5-9-14/h2,4-5,8-9,12-13,15H,3,6-7,10-11H2,1H3. The molecule has 2 aromatic rings. The Morgan fingerprint density at radius 1 is 1.05 bits per heavy atom. The lowest BCUT2D eigenvalue weighted by atomic mass is 9.88. The first-order valence-corrected chi connectivity index (χ1v) is 8.50. The van der Waals surface area contributed by atoms with Crippen LogP contribution in [0.2, 0.25) is 0 Å². The Kier molecular flexibility index (Phi) is 4.39. The highest BCUT2D eigenvalue weighted by Gasteiger charge is 2.25. The van der Waals surface area contributed by atoms with E-state index in [0.29, 0.717) is 0 Å². The zero-order valence-corrected chi connectivity index (χ0v) is 13.2. The Bertz CT molecular complexity index is 599. The number of rotatable bonds is 3. The minimum absolute atomic E-state index is 0.228. The Morgan fingerprint density at radius 2 is 1.76 bits per heavy atom. The van der Waals surface area contributed by atoms with Gasteiger partial charge in [-0.2, -0.15) is 0 Å². The summed E-state index contributed by atoms with van der Waals surface area (Å²) >= 11 is 1.69. The minimum atomic E-state index is 0.228. The van der Waals surface area contributed by atoms with Crippen LogP contribution in [0.25, 0.3) is 10.4 Å². The van der Waals surface area contributed by atoms with E-state index in [1.807, 2.05) is 30.1 Å². The summed E-state index contributed by atoms with van der Waals surface area (Å²) in [6.45, 7) is 0. The molecule has 21 heavy (non-hydrogen) atoms. The zero-order valence-electron chi connectivity index (χ0n) is 12.4. The summed E-state index contributed by atoms with van der Waals surface area (Å²) in [5, 5.41) is 1.05. The van der Waals surface area contributed by atoms with Crippen molar-refractivity contribution in [2.45, 2.75) is 32.1 Å². The van der Waals surface area contributed by atoms with E-state index in [1.54, 1.807) is 11.3 Å². The van der Waals surface area contributed by atoms with E-state index in [0.717, 1.165) is 17.8 Å². The molecule has 2 nitrogen and oxygen atoms in total. The fourth-order valence-corrected chi connectivity index (χ4v) is 3.98. The number of carbonyl (C=O) groups excluding carboxylic acids is 1. The van der Waals surface area contributed by atoms with Gasteiger partial charge in [-0.05, 0) is 30.5 Å². The normalized spacial score (nSPS) is 15.9. The second-order valence-corrected chi connectivity index (χ2v) is 6.80. The van der Waals surface area contributed by atoms with Crippen LogP contribution in [-0.2, 0) is 4.79 Å². The van der Waals surface area contributed by atoms with Crippen LogP contribution < -0.4 is 4.90 Å². The predicted octanol–water partition coefficient (Wildman–Crippen LogP) is 4.96. The molecule has 1 aliphatic rings. The van der Waals surface area contributed by atoms with Gasteiger partial charge in [0.25, 0.3) is 0 Å². The highest BCUT2D eigenvalue weighted by Crippen LogP contribution is 2.34. The van der Waals surface area contributed by atoms with Crippen molar-refractivity contribution in [1.29, 1.82) is 0 Å². The van der Waals surface area contributed by atoms with Crippen LogP contribution in [-0.4, -0.2) is 13.0 Å². The first-order valence-electron chi connectivity index (χ1n) is 7.68. The van der Waals surface area contributed by atoms with Gasteiger partial charge < -0.3 is 4.90 Å². The lowest BCUT2D eigenvalue weighted by Gasteiger charge is -2.25. The topological polar surface area (TPSA) is 20.3 Å². The monoisotopic (exact) mass is 299 g/mol. The van der Waals surface area contributed by atoms with Gasteiger partial charge in [-0.15, -0.1) is 11.3 Å². The fraction of sp³-hybridized carbons (Fsp3) is 0.389. The zero-order chi connectivity index (χ0) is 14.7. The minimum Gasteiger partial charge on any atom is -0.307 e. The molecule has 1 aliphatic carbocycles. The molecule has 1 heterocycles. The molecule has 0 unspecified atom stereocenters. The number of nitrogens with zero attached hydrogens (tertiary/aromatic N) is 1. The van der Waals surface area contributed by atoms with Crippen molar-refractivity contribution in [3.8, 4) is 10.4 Å². The molecule has 3 heteroatoms. The van der Waals surface area contributed by atoms with Gasteiger partial charge >= 0.3 is 0 Å². The molecule has 1 aromatic heterocycles. The molecule has 1 aromatic carbocycles. The van der Waals surface area contributed by atoms with E-state index in [2.05, 4.69) is 24.3 Å². The Hall–Kier alpha value is -1.61. The van der Waals surface area contributed by atoms with Crippen molar-refractivity contribution in [2.24, 2.45) is 5.92 Å². The number of hydrogen-bond acceptors (Lipinski definition) is 2. The fourth-order valence-electron chi connectivity index (χ4n) is 3.00. The maximum atomic E-state index is 12.6. The van der Waals surface area contributed by atoms with E-state index < -0.39 is 0 Å². The van der Waals surface area contributed by atoms with Gasteiger partial charge in [0.2, 0.25) is 5.91 Å². The van der Waals surface area contributed by atoms with Gasteiger partial charge in [0.15, 0.2) is 0 Å². The summed E-state index contributed by atoms with van der Waals surface area (Å²) in [7, 11) is 1.91. The molecular weight excluding hydrogens is 278 g/mol. The van der Waals surface area contributed by atoms with E-state index >= 15 is 0 Å². The molecular formula is C18H21NOS. The molecule has 1 amide bonds. The molecule has 3 rings (SSSR count). The van der Waals surface area contributed by atoms with E-state index in [-0.39, 0.29) is 11.8 Å². The first-order chi connectivity index (χ1) is 10.3. The second-order valence-electron chi connectivity index (χ2n) is 5.74. The van der Waals surface area contributed by atoms with Gasteiger partial charge in [-0.1, -0.05) is 49.6 Å². The van der Waals surface area contributed by atoms with Crippen LogP contribution in [0.1, 0.15) is 32.1 Å². The van der Waals surface area contributed by atoms with E-state index in [1.165, 1.54) is 29.7 Å². The summed E-state index contributed by atoms with van der Waals surface area (Å²) in [5.74, 6) is 0.516. The SMILES string of the molecule is CN(C(=O)C1CCCCC1)c1ccc(-c2ccccc2)s1. The third kappa shape index (κ3) is 3.18. The molecule has 0 N–H and O–H groups in total. The summed E-state index contributed by atoms with van der Waals surface area (Å²) in [4.78, 5) is 15.6. The van der Waals surface area contributed by atoms with Crippen LogP contribution in [0.3, 0.4) is 0 Å². The average molecular weight is 299 g/mol. The molecule has 0 bridgehead atoms. The number of hydrogen-bond donors (Lipinski definition) is 0. The van der Waals surface area contributed by atoms with Gasteiger partial charge in [-0.25, -0.2) is 0 Å². The Labute approximate surface area is 130 Å². The third-order valence-corrected chi connectivity index (χ3v) is 5.48. The van der Waals surface area contributed by atoms with E-state index in [4.69, 9.17) is 0 Å². The summed E-state index contributed by atoms with van der Waals surface area (Å²) in [6, 6.07) is 14.5. The smallest absolute Gasteiger partial charge is 0.230 e. The van der Waals surface area contributed by atoms with E-state index in [9.17, 15) is 4.79 Å². The number of carbonyl (C=O) groups is 1. The summed E-state index contributed by atoms with van der Waals surface area (Å²) in [6.07, 6.45) is 5.79. The molecule has 1 fully saturated rings. The molecule has 0 saturated heterocycles. The Balaban J connectivity index is 1.74. The first kappa shape index (κ1) is 14.3. The highest BCUT2D eigenvalue weighted by molar-refractivity contribution is 7.19. The van der Waals surface area contributed by atoms with Gasteiger partial charge in [0, 0.05) is 17.8 Å². The number of amides is 1. The van der Waals surface area contributed by atoms with Gasteiger partial charge in [0.1, 0.15) is 0 Å². The third-order valence-electron chi connectivity index (χ3n) is 4.27. The largest absolute Gasteiger partial charge is 0.307 e. The van der Waals surface area contributed by atoms with Crippen molar-refractivity contribution in [3.05, 3.63) is 42.5 Å². The lowest BCUT2D eigenvalue weighted by molar-refractivity contribution is -0.122. The van der Waals surface area contributed by atoms with Crippen molar-refractivity contribution in [3.63, 3.8) is 0 Å². The predicted molar refractivity (Wildman–Crippen MR) is 89.7 cm³/mol. The number of anilines is 1. The molecule has 0 aliphatic heterocycles. The van der Waals surface area contributed by atoms with Crippen molar-refractivity contribution < 1.29 is 4.79 Å². The van der Waals surface area contributed by atoms with Crippen molar-refractivity contribution >= 4 is 22.2 Å². The quantitative estimate of drug-likeness (QED) is 0.784. The van der Waals surface area contributed by atoms with Crippen LogP contribution >= 0.6 is 11.3 Å². The number of benzene rings is 1. The van der Waals surface area contributed by atoms with Crippen LogP contribution in [0.5, 0.6) is 0 Å². The van der Waals surface area contributed by atoms with Crippen LogP contribution in [0.15, 0.2) is 42.5 Å². The Morgan fingerprint density at radius 3 is 2.48 bits per heavy atom. The average Bonchev–Trinajstić information content (AvgIpc) is 3.05. The lowest BCUT2D eigenvalue weighted by Crippen LogP contribution is -2.33. The summed E-state index contributed by atoms with van der Waals surface area (Å²) < 4.78 is 0. The maximum absolute atomic E-state index is 12.6. The van der Waals surface area contributed by atoms with Crippen molar-refractivity contribution in [2.75, 3.05) is 11.9 Å². The van der Waals surface area contributed by atoms with Gasteiger partial charge in [0.05, 0.1) is 5.00 Å². The molecule has 0 atom stereocenters. The maximum Gasteiger partial charge on any atom is 0.230 e. The summed E-state index contributed by atoms with van der Waals surface area (Å²) in [5.41, 5.74) is 1.22. The number of thiophene rings is 1. The molecule has 0 spiro atoms. The van der Waals surface area contributed by atoms with Crippen LogP contribution in [0.4, 0.5) is 5.00 Å². The highest BCUT2D eigenvalue weighted by atomic mass is 32.1. The van der Waals surface area contributed by atoms with Crippen LogP contribution in [0, 0.1) is 5.92 Å². The van der Waals surface area contributed by atoms with Crippen molar-refractivity contribution in [1.82, 2.24) is 0 Å². The molecule has 110 valence electrons. The molecule has 1 saturated carbocycles. The van der Waals surface area contributed by atoms with Gasteiger partial charge in [-0.3, -0.25) is 4.79 Å². The molecule has 0 radical (unpaired) electrons.